The Labute approximate surface area is 112 Å². The zero-order valence-electron chi connectivity index (χ0n) is 11.1. The summed E-state index contributed by atoms with van der Waals surface area (Å²) in [6.45, 7) is 2.66. The molecule has 0 saturated carbocycles. The van der Waals surface area contributed by atoms with Gasteiger partial charge in [-0.2, -0.15) is 0 Å². The van der Waals surface area contributed by atoms with Gasteiger partial charge in [-0.05, 0) is 25.8 Å². The first-order chi connectivity index (χ1) is 9.22. The van der Waals surface area contributed by atoms with Gasteiger partial charge in [0.1, 0.15) is 5.75 Å². The van der Waals surface area contributed by atoms with Crippen molar-refractivity contribution in [3.8, 4) is 5.75 Å². The van der Waals surface area contributed by atoms with E-state index in [1.165, 1.54) is 0 Å². The van der Waals surface area contributed by atoms with Crippen molar-refractivity contribution in [1.82, 2.24) is 0 Å². The molecule has 1 aromatic carbocycles. The molecule has 0 unspecified atom stereocenters. The molecular weight excluding hydrogens is 244 g/mol. The number of hydrogen-bond donors (Lipinski definition) is 0. The zero-order valence-corrected chi connectivity index (χ0v) is 11.1. The van der Waals surface area contributed by atoms with Crippen molar-refractivity contribution in [2.24, 2.45) is 0 Å². The molecule has 1 aliphatic carbocycles. The van der Waals surface area contributed by atoms with Gasteiger partial charge in [-0.1, -0.05) is 12.1 Å². The number of ether oxygens (including phenoxy) is 2. The predicted octanol–water partition coefficient (Wildman–Crippen LogP) is 2.54. The Kier molecular flexibility index (Phi) is 4.55. The minimum absolute atomic E-state index is 0.187. The lowest BCUT2D eigenvalue weighted by Crippen LogP contribution is -2.07. The van der Waals surface area contributed by atoms with Crippen LogP contribution in [0.2, 0.25) is 0 Å². The Balaban J connectivity index is 1.84. The standard InChI is InChI=1S/C15H18O4/c1-2-18-15(17)7-4-10-19-14-6-3-5-11-12(14)8-9-13(11)16/h3,5-6H,2,4,7-10H2,1H3. The van der Waals surface area contributed by atoms with Crippen molar-refractivity contribution < 1.29 is 19.1 Å². The van der Waals surface area contributed by atoms with Gasteiger partial charge in [-0.3, -0.25) is 9.59 Å². The monoisotopic (exact) mass is 262 g/mol. The quantitative estimate of drug-likeness (QED) is 0.584. The van der Waals surface area contributed by atoms with Crippen LogP contribution in [0.5, 0.6) is 5.75 Å². The summed E-state index contributed by atoms with van der Waals surface area (Å²) in [5.74, 6) is 0.763. The highest BCUT2D eigenvalue weighted by molar-refractivity contribution is 6.01. The van der Waals surface area contributed by atoms with Crippen LogP contribution in [-0.2, 0) is 16.0 Å². The molecule has 0 N–H and O–H groups in total. The Morgan fingerprint density at radius 2 is 2.16 bits per heavy atom. The van der Waals surface area contributed by atoms with Gasteiger partial charge < -0.3 is 9.47 Å². The van der Waals surface area contributed by atoms with Gasteiger partial charge >= 0.3 is 5.97 Å². The van der Waals surface area contributed by atoms with Crippen LogP contribution in [0.4, 0.5) is 0 Å². The highest BCUT2D eigenvalue weighted by Gasteiger charge is 2.22. The Morgan fingerprint density at radius 3 is 2.95 bits per heavy atom. The predicted molar refractivity (Wildman–Crippen MR) is 70.5 cm³/mol. The van der Waals surface area contributed by atoms with Crippen LogP contribution in [0.25, 0.3) is 0 Å². The van der Waals surface area contributed by atoms with Crippen molar-refractivity contribution in [3.05, 3.63) is 29.3 Å². The van der Waals surface area contributed by atoms with E-state index in [1.54, 1.807) is 6.92 Å². The van der Waals surface area contributed by atoms with E-state index in [9.17, 15) is 9.59 Å². The topological polar surface area (TPSA) is 52.6 Å². The van der Waals surface area contributed by atoms with Gasteiger partial charge in [0.2, 0.25) is 0 Å². The third-order valence-corrected chi connectivity index (χ3v) is 3.12. The first-order valence-electron chi connectivity index (χ1n) is 6.66. The van der Waals surface area contributed by atoms with E-state index >= 15 is 0 Å². The molecule has 0 aromatic heterocycles. The summed E-state index contributed by atoms with van der Waals surface area (Å²) in [5, 5.41) is 0. The molecule has 4 nitrogen and oxygen atoms in total. The number of rotatable bonds is 6. The summed E-state index contributed by atoms with van der Waals surface area (Å²) in [6.07, 6.45) is 2.30. The fourth-order valence-corrected chi connectivity index (χ4v) is 2.22. The molecule has 1 aliphatic rings. The summed E-state index contributed by atoms with van der Waals surface area (Å²) in [6, 6.07) is 5.56. The molecule has 0 saturated heterocycles. The van der Waals surface area contributed by atoms with Crippen LogP contribution >= 0.6 is 0 Å². The maximum atomic E-state index is 11.6. The second kappa shape index (κ2) is 6.36. The Morgan fingerprint density at radius 1 is 1.32 bits per heavy atom. The highest BCUT2D eigenvalue weighted by Crippen LogP contribution is 2.30. The minimum atomic E-state index is -0.195. The van der Waals surface area contributed by atoms with Gasteiger partial charge in [0.05, 0.1) is 13.2 Å². The number of carbonyl (C=O) groups is 2. The van der Waals surface area contributed by atoms with Crippen molar-refractivity contribution >= 4 is 11.8 Å². The SMILES string of the molecule is CCOC(=O)CCCOc1cccc2c1CCC2=O. The fraction of sp³-hybridized carbons (Fsp3) is 0.467. The second-order valence-electron chi connectivity index (χ2n) is 4.46. The van der Waals surface area contributed by atoms with E-state index in [4.69, 9.17) is 9.47 Å². The molecule has 0 heterocycles. The lowest BCUT2D eigenvalue weighted by atomic mass is 10.1. The first-order valence-corrected chi connectivity index (χ1v) is 6.66. The van der Waals surface area contributed by atoms with E-state index < -0.39 is 0 Å². The molecule has 0 amide bonds. The molecule has 4 heteroatoms. The van der Waals surface area contributed by atoms with E-state index in [1.807, 2.05) is 18.2 Å². The smallest absolute Gasteiger partial charge is 0.305 e. The normalized spacial score (nSPS) is 13.2. The third kappa shape index (κ3) is 3.34. The van der Waals surface area contributed by atoms with E-state index in [-0.39, 0.29) is 11.8 Å². The van der Waals surface area contributed by atoms with Crippen LogP contribution in [0.15, 0.2) is 18.2 Å². The zero-order chi connectivity index (χ0) is 13.7. The van der Waals surface area contributed by atoms with Crippen molar-refractivity contribution in [2.75, 3.05) is 13.2 Å². The lowest BCUT2D eigenvalue weighted by molar-refractivity contribution is -0.143. The van der Waals surface area contributed by atoms with Gasteiger partial charge in [0, 0.05) is 24.0 Å². The summed E-state index contributed by atoms with van der Waals surface area (Å²) in [5.41, 5.74) is 1.78. The molecule has 0 fully saturated rings. The number of esters is 1. The molecule has 1 aromatic rings. The molecule has 102 valence electrons. The van der Waals surface area contributed by atoms with Crippen LogP contribution in [0.1, 0.15) is 42.1 Å². The third-order valence-electron chi connectivity index (χ3n) is 3.12. The molecule has 0 atom stereocenters. The van der Waals surface area contributed by atoms with Crippen LogP contribution in [0, 0.1) is 0 Å². The van der Waals surface area contributed by atoms with Crippen LogP contribution in [0.3, 0.4) is 0 Å². The summed E-state index contributed by atoms with van der Waals surface area (Å²) in [7, 11) is 0. The molecule has 0 radical (unpaired) electrons. The number of hydrogen-bond acceptors (Lipinski definition) is 4. The van der Waals surface area contributed by atoms with Gasteiger partial charge in [-0.25, -0.2) is 0 Å². The Hall–Kier alpha value is -1.84. The maximum Gasteiger partial charge on any atom is 0.305 e. The molecule has 0 spiro atoms. The molecular formula is C15H18O4. The minimum Gasteiger partial charge on any atom is -0.493 e. The second-order valence-corrected chi connectivity index (χ2v) is 4.46. The largest absolute Gasteiger partial charge is 0.493 e. The number of fused-ring (bicyclic) bond motifs is 1. The number of Topliss-reactive ketones (excluding diaryl/α,β-unsaturated/α-hetero) is 1. The van der Waals surface area contributed by atoms with Crippen molar-refractivity contribution in [2.45, 2.75) is 32.6 Å². The lowest BCUT2D eigenvalue weighted by Gasteiger charge is -2.10. The molecule has 0 aliphatic heterocycles. The summed E-state index contributed by atoms with van der Waals surface area (Å²) < 4.78 is 10.5. The Bertz CT molecular complexity index is 479. The molecule has 19 heavy (non-hydrogen) atoms. The van der Waals surface area contributed by atoms with Crippen molar-refractivity contribution in [3.63, 3.8) is 0 Å². The summed E-state index contributed by atoms with van der Waals surface area (Å²) >= 11 is 0. The van der Waals surface area contributed by atoms with Crippen molar-refractivity contribution in [1.29, 1.82) is 0 Å². The maximum absolute atomic E-state index is 11.6. The van der Waals surface area contributed by atoms with Crippen LogP contribution < -0.4 is 4.74 Å². The highest BCUT2D eigenvalue weighted by atomic mass is 16.5. The number of ketones is 1. The number of benzene rings is 1. The summed E-state index contributed by atoms with van der Waals surface area (Å²) in [4.78, 5) is 22.8. The average Bonchev–Trinajstić information content (AvgIpc) is 2.78. The molecule has 2 rings (SSSR count). The fourth-order valence-electron chi connectivity index (χ4n) is 2.22. The number of carbonyl (C=O) groups excluding carboxylic acids is 2. The van der Waals surface area contributed by atoms with Crippen LogP contribution in [-0.4, -0.2) is 25.0 Å². The average molecular weight is 262 g/mol. The van der Waals surface area contributed by atoms with E-state index in [2.05, 4.69) is 0 Å². The van der Waals surface area contributed by atoms with E-state index in [0.717, 1.165) is 23.3 Å². The first kappa shape index (κ1) is 13.6. The van der Waals surface area contributed by atoms with Gasteiger partial charge in [0.25, 0.3) is 0 Å². The van der Waals surface area contributed by atoms with Gasteiger partial charge in [-0.15, -0.1) is 0 Å². The van der Waals surface area contributed by atoms with Gasteiger partial charge in [0.15, 0.2) is 5.78 Å². The molecule has 0 bridgehead atoms. The van der Waals surface area contributed by atoms with E-state index in [0.29, 0.717) is 32.5 Å².